The summed E-state index contributed by atoms with van der Waals surface area (Å²) in [6.45, 7) is 0.162. The van der Waals surface area contributed by atoms with Gasteiger partial charge >= 0.3 is 7.82 Å². The van der Waals surface area contributed by atoms with Crippen molar-refractivity contribution in [3.05, 3.63) is 68.2 Å². The first-order valence-electron chi connectivity index (χ1n) is 7.18. The first-order chi connectivity index (χ1) is 11.9. The van der Waals surface area contributed by atoms with Gasteiger partial charge in [0.05, 0.1) is 27.7 Å². The number of phosphoric acid groups is 1. The van der Waals surface area contributed by atoms with Gasteiger partial charge in [0.2, 0.25) is 0 Å². The summed E-state index contributed by atoms with van der Waals surface area (Å²) in [5.41, 5.74) is 0.593. The first kappa shape index (κ1) is 18.2. The molecule has 1 heterocycles. The number of non-ortho nitro benzene ring substituents is 1. The van der Waals surface area contributed by atoms with Gasteiger partial charge in [0.1, 0.15) is 5.75 Å². The molecule has 0 amide bonds. The number of hydrogen-bond donors (Lipinski definition) is 0. The molecule has 0 bridgehead atoms. The van der Waals surface area contributed by atoms with Crippen LogP contribution >= 0.6 is 31.0 Å². The first-order valence-corrected chi connectivity index (χ1v) is 9.40. The van der Waals surface area contributed by atoms with Crippen LogP contribution in [0.15, 0.2) is 42.5 Å². The fourth-order valence-corrected chi connectivity index (χ4v) is 3.97. The van der Waals surface area contributed by atoms with Crippen LogP contribution in [0.1, 0.15) is 18.1 Å². The zero-order valence-corrected chi connectivity index (χ0v) is 15.0. The summed E-state index contributed by atoms with van der Waals surface area (Å²) in [5.74, 6) is 0.142. The Labute approximate surface area is 153 Å². The Morgan fingerprint density at radius 1 is 1.16 bits per heavy atom. The third kappa shape index (κ3) is 4.32. The molecule has 10 heteroatoms. The molecule has 2 unspecified atom stereocenters. The monoisotopic (exact) mass is 403 g/mol. The highest BCUT2D eigenvalue weighted by Crippen LogP contribution is 2.56. The quantitative estimate of drug-likeness (QED) is 0.376. The van der Waals surface area contributed by atoms with E-state index in [1.54, 1.807) is 18.2 Å². The smallest absolute Gasteiger partial charge is 0.404 e. The lowest BCUT2D eigenvalue weighted by atomic mass is 10.1. The molecule has 0 radical (unpaired) electrons. The fraction of sp³-hybridized carbons (Fsp3) is 0.200. The van der Waals surface area contributed by atoms with E-state index in [-0.39, 0.29) is 18.0 Å². The van der Waals surface area contributed by atoms with Crippen molar-refractivity contribution in [1.82, 2.24) is 0 Å². The van der Waals surface area contributed by atoms with Gasteiger partial charge in [0.15, 0.2) is 0 Å². The molecular weight excluding hydrogens is 392 g/mol. The van der Waals surface area contributed by atoms with Gasteiger partial charge in [0.25, 0.3) is 5.69 Å². The molecule has 0 N–H and O–H groups in total. The molecule has 2 aromatic rings. The number of nitrogens with zero attached hydrogens (tertiary/aromatic N) is 1. The van der Waals surface area contributed by atoms with Gasteiger partial charge in [-0.2, -0.15) is 0 Å². The minimum absolute atomic E-state index is 0.107. The number of halogens is 2. The van der Waals surface area contributed by atoms with E-state index >= 15 is 0 Å². The topological polar surface area (TPSA) is 87.9 Å². The minimum Gasteiger partial charge on any atom is -0.404 e. The van der Waals surface area contributed by atoms with E-state index in [1.807, 2.05) is 0 Å². The van der Waals surface area contributed by atoms with Crippen LogP contribution in [0.3, 0.4) is 0 Å². The van der Waals surface area contributed by atoms with Crippen molar-refractivity contribution in [2.24, 2.45) is 0 Å². The molecule has 1 aliphatic heterocycles. The largest absolute Gasteiger partial charge is 0.530 e. The lowest BCUT2D eigenvalue weighted by Crippen LogP contribution is -2.16. The van der Waals surface area contributed by atoms with Crippen molar-refractivity contribution in [1.29, 1.82) is 0 Å². The van der Waals surface area contributed by atoms with Gasteiger partial charge in [0, 0.05) is 18.6 Å². The summed E-state index contributed by atoms with van der Waals surface area (Å²) in [6.07, 6.45) is -0.0710. The lowest BCUT2D eigenvalue weighted by molar-refractivity contribution is -0.384. The van der Waals surface area contributed by atoms with Gasteiger partial charge in [-0.15, -0.1) is 0 Å². The number of phosphoric ester groups is 1. The third-order valence-electron chi connectivity index (χ3n) is 3.47. The molecule has 7 nitrogen and oxygen atoms in total. The molecule has 1 fully saturated rings. The van der Waals surface area contributed by atoms with Gasteiger partial charge in [-0.25, -0.2) is 4.57 Å². The maximum absolute atomic E-state index is 12.7. The molecular formula is C15H12Cl2NO6P. The van der Waals surface area contributed by atoms with Crippen molar-refractivity contribution < 1.29 is 23.1 Å². The Balaban J connectivity index is 1.75. The standard InChI is InChI=1S/C15H12Cl2NO6P/c16-13-6-1-10(9-14(13)17)15-7-8-22-25(21,24-15)23-12-4-2-11(3-5-12)18(19)20/h1-6,9,15H,7-8H2. The summed E-state index contributed by atoms with van der Waals surface area (Å²) in [6, 6.07) is 10.1. The molecule has 25 heavy (non-hydrogen) atoms. The fourth-order valence-electron chi connectivity index (χ4n) is 2.26. The zero-order chi connectivity index (χ0) is 18.0. The highest BCUT2D eigenvalue weighted by molar-refractivity contribution is 7.49. The average molecular weight is 404 g/mol. The van der Waals surface area contributed by atoms with Crippen LogP contribution in [-0.2, 0) is 13.6 Å². The molecule has 0 saturated carbocycles. The Bertz CT molecular complexity index is 844. The minimum atomic E-state index is -3.87. The molecule has 0 spiro atoms. The van der Waals surface area contributed by atoms with Crippen LogP contribution in [0, 0.1) is 10.1 Å². The van der Waals surface area contributed by atoms with E-state index in [0.29, 0.717) is 22.0 Å². The highest BCUT2D eigenvalue weighted by atomic mass is 35.5. The van der Waals surface area contributed by atoms with Crippen LogP contribution in [0.4, 0.5) is 5.69 Å². The average Bonchev–Trinajstić information content (AvgIpc) is 2.57. The highest BCUT2D eigenvalue weighted by Gasteiger charge is 2.37. The molecule has 1 aliphatic rings. The molecule has 2 atom stereocenters. The van der Waals surface area contributed by atoms with Crippen molar-refractivity contribution in [3.63, 3.8) is 0 Å². The van der Waals surface area contributed by atoms with Gasteiger partial charge in [-0.3, -0.25) is 19.2 Å². The predicted octanol–water partition coefficient (Wildman–Crippen LogP) is 5.57. The molecule has 132 valence electrons. The Morgan fingerprint density at radius 3 is 2.52 bits per heavy atom. The Hall–Kier alpha value is -1.63. The Kier molecular flexibility index (Phi) is 5.32. The van der Waals surface area contributed by atoms with Crippen LogP contribution in [0.2, 0.25) is 10.0 Å². The summed E-state index contributed by atoms with van der Waals surface area (Å²) in [5, 5.41) is 11.4. The predicted molar refractivity (Wildman–Crippen MR) is 92.2 cm³/mol. The van der Waals surface area contributed by atoms with Crippen LogP contribution in [0.25, 0.3) is 0 Å². The van der Waals surface area contributed by atoms with E-state index in [1.165, 1.54) is 24.3 Å². The maximum atomic E-state index is 12.7. The van der Waals surface area contributed by atoms with Crippen molar-refractivity contribution >= 4 is 36.7 Å². The number of rotatable bonds is 4. The summed E-state index contributed by atoms with van der Waals surface area (Å²) >= 11 is 11.9. The SMILES string of the molecule is O=[N+]([O-])c1ccc(OP2(=O)OCCC(c3ccc(Cl)c(Cl)c3)O2)cc1. The lowest BCUT2D eigenvalue weighted by Gasteiger charge is -2.29. The van der Waals surface area contributed by atoms with Crippen molar-refractivity contribution in [2.75, 3.05) is 6.61 Å². The summed E-state index contributed by atoms with van der Waals surface area (Å²) in [7, 11) is -3.87. The van der Waals surface area contributed by atoms with Gasteiger partial charge in [-0.1, -0.05) is 29.3 Å². The maximum Gasteiger partial charge on any atom is 0.530 e. The Morgan fingerprint density at radius 2 is 1.88 bits per heavy atom. The normalized spacial score (nSPS) is 23.2. The molecule has 2 aromatic carbocycles. The van der Waals surface area contributed by atoms with Crippen LogP contribution in [-0.4, -0.2) is 11.5 Å². The second kappa shape index (κ2) is 7.32. The molecule has 0 aromatic heterocycles. The number of benzene rings is 2. The number of hydrogen-bond acceptors (Lipinski definition) is 6. The number of nitro benzene ring substituents is 1. The van der Waals surface area contributed by atoms with Crippen molar-refractivity contribution in [3.8, 4) is 5.75 Å². The van der Waals surface area contributed by atoms with Crippen molar-refractivity contribution in [2.45, 2.75) is 12.5 Å². The van der Waals surface area contributed by atoms with Crippen LogP contribution < -0.4 is 4.52 Å². The molecule has 3 rings (SSSR count). The van der Waals surface area contributed by atoms with E-state index in [9.17, 15) is 14.7 Å². The summed E-state index contributed by atoms with van der Waals surface area (Å²) < 4.78 is 28.7. The number of nitro groups is 1. The third-order valence-corrected chi connectivity index (χ3v) is 5.65. The van der Waals surface area contributed by atoms with E-state index in [4.69, 9.17) is 36.8 Å². The van der Waals surface area contributed by atoms with E-state index in [2.05, 4.69) is 0 Å². The zero-order valence-electron chi connectivity index (χ0n) is 12.6. The molecule has 1 saturated heterocycles. The molecule has 0 aliphatic carbocycles. The van der Waals surface area contributed by atoms with Gasteiger partial charge in [-0.05, 0) is 29.8 Å². The second-order valence-electron chi connectivity index (χ2n) is 5.18. The van der Waals surface area contributed by atoms with Gasteiger partial charge < -0.3 is 4.52 Å². The van der Waals surface area contributed by atoms with E-state index < -0.39 is 18.8 Å². The summed E-state index contributed by atoms with van der Waals surface area (Å²) in [4.78, 5) is 10.1. The second-order valence-corrected chi connectivity index (χ2v) is 7.54. The van der Waals surface area contributed by atoms with E-state index in [0.717, 1.165) is 0 Å². The van der Waals surface area contributed by atoms with Crippen LogP contribution in [0.5, 0.6) is 5.75 Å².